The van der Waals surface area contributed by atoms with E-state index in [1.807, 2.05) is 0 Å². The second-order valence-corrected chi connectivity index (χ2v) is 10.6. The number of hydrogen-bond donors (Lipinski definition) is 2. The lowest BCUT2D eigenvalue weighted by Gasteiger charge is -2.10. The van der Waals surface area contributed by atoms with E-state index in [-0.39, 0.29) is 17.0 Å². The van der Waals surface area contributed by atoms with E-state index >= 15 is 0 Å². The minimum absolute atomic E-state index is 0.0159. The molecule has 1 aromatic heterocycles. The van der Waals surface area contributed by atoms with Gasteiger partial charge in [0.25, 0.3) is 10.0 Å². The number of carbonyl (C=O) groups excluding carboxylic acids is 1. The van der Waals surface area contributed by atoms with Crippen molar-refractivity contribution >= 4 is 31.5 Å². The van der Waals surface area contributed by atoms with Gasteiger partial charge in [0.15, 0.2) is 0 Å². The first-order valence-electron chi connectivity index (χ1n) is 9.04. The molecule has 0 bridgehead atoms. The number of hydrogen-bond acceptors (Lipinski definition) is 5. The predicted molar refractivity (Wildman–Crippen MR) is 119 cm³/mol. The first-order valence-corrected chi connectivity index (χ1v) is 12.4. The molecule has 0 spiro atoms. The van der Waals surface area contributed by atoms with Crippen LogP contribution in [0.4, 0.5) is 0 Å². The lowest BCUT2D eigenvalue weighted by Crippen LogP contribution is -2.21. The van der Waals surface area contributed by atoms with Gasteiger partial charge in [-0.1, -0.05) is 36.9 Å². The summed E-state index contributed by atoms with van der Waals surface area (Å²) in [6.45, 7) is 3.68. The van der Waals surface area contributed by atoms with Crippen molar-refractivity contribution < 1.29 is 21.6 Å². The van der Waals surface area contributed by atoms with Crippen LogP contribution in [0.1, 0.15) is 11.1 Å². The minimum atomic E-state index is -3.92. The molecule has 0 aliphatic heterocycles. The fourth-order valence-electron chi connectivity index (χ4n) is 2.88. The van der Waals surface area contributed by atoms with E-state index in [1.165, 1.54) is 30.6 Å². The van der Waals surface area contributed by atoms with Crippen LogP contribution in [-0.4, -0.2) is 33.0 Å². The number of sulfonamides is 1. The third kappa shape index (κ3) is 5.29. The van der Waals surface area contributed by atoms with Crippen LogP contribution < -0.4 is 10.5 Å². The molecule has 3 rings (SSSR count). The molecule has 0 saturated carbocycles. The largest absolute Gasteiger partial charge is 0.366 e. The molecule has 1 heterocycles. The molecule has 0 unspecified atom stereocenters. The van der Waals surface area contributed by atoms with Crippen LogP contribution in [-0.2, 0) is 31.4 Å². The number of benzene rings is 2. The summed E-state index contributed by atoms with van der Waals surface area (Å²) in [4.78, 5) is 11.3. The monoisotopic (exact) mass is 459 g/mol. The summed E-state index contributed by atoms with van der Waals surface area (Å²) < 4.78 is 52.2. The van der Waals surface area contributed by atoms with Crippen molar-refractivity contribution in [3.05, 3.63) is 84.7 Å². The van der Waals surface area contributed by atoms with Crippen LogP contribution >= 0.6 is 0 Å². The average Bonchev–Trinajstić information content (AvgIpc) is 3.22. The Morgan fingerprint density at radius 1 is 1.03 bits per heavy atom. The Bertz CT molecular complexity index is 1370. The zero-order valence-electron chi connectivity index (χ0n) is 16.6. The predicted octanol–water partition coefficient (Wildman–Crippen LogP) is 1.94. The summed E-state index contributed by atoms with van der Waals surface area (Å²) >= 11 is 0. The fourth-order valence-corrected chi connectivity index (χ4v) is 4.55. The Hall–Kier alpha value is -3.21. The summed E-state index contributed by atoms with van der Waals surface area (Å²) in [5.74, 6) is -0.734. The highest BCUT2D eigenvalue weighted by Crippen LogP contribution is 2.25. The zero-order chi connectivity index (χ0) is 22.8. The number of nitrogens with two attached hydrogens (primary N) is 1. The Morgan fingerprint density at radius 3 is 2.32 bits per heavy atom. The number of rotatable bonds is 8. The van der Waals surface area contributed by atoms with E-state index < -0.39 is 26.0 Å². The molecule has 0 radical (unpaired) electrons. The van der Waals surface area contributed by atoms with Crippen LogP contribution in [0.3, 0.4) is 0 Å². The molecule has 0 atom stereocenters. The highest BCUT2D eigenvalue weighted by Gasteiger charge is 2.19. The van der Waals surface area contributed by atoms with Crippen LogP contribution in [0.5, 0.6) is 0 Å². The molecule has 1 amide bonds. The number of carbonyl (C=O) groups is 1. The molecule has 0 saturated heterocycles. The Labute approximate surface area is 181 Å². The normalized spacial score (nSPS) is 11.9. The molecule has 0 fully saturated rings. The minimum Gasteiger partial charge on any atom is -0.366 e. The van der Waals surface area contributed by atoms with Crippen molar-refractivity contribution in [1.29, 1.82) is 0 Å². The van der Waals surface area contributed by atoms with Gasteiger partial charge >= 0.3 is 0 Å². The van der Waals surface area contributed by atoms with Gasteiger partial charge in [-0.15, -0.1) is 0 Å². The quantitative estimate of drug-likeness (QED) is 0.498. The molecular formula is C21H21N3O5S2. The first-order chi connectivity index (χ1) is 14.5. The van der Waals surface area contributed by atoms with Gasteiger partial charge in [0.2, 0.25) is 15.9 Å². The van der Waals surface area contributed by atoms with Gasteiger partial charge < -0.3 is 5.73 Å². The molecule has 162 valence electrons. The molecule has 10 heteroatoms. The molecule has 8 nitrogen and oxygen atoms in total. The first kappa shape index (κ1) is 22.5. The molecular weight excluding hydrogens is 438 g/mol. The third-order valence-corrected chi connectivity index (χ3v) is 6.82. The van der Waals surface area contributed by atoms with E-state index in [4.69, 9.17) is 5.73 Å². The Balaban J connectivity index is 1.93. The smallest absolute Gasteiger partial charge is 0.267 e. The van der Waals surface area contributed by atoms with Gasteiger partial charge in [-0.25, -0.2) is 25.5 Å². The lowest BCUT2D eigenvalue weighted by atomic mass is 10.0. The molecule has 0 aliphatic carbocycles. The van der Waals surface area contributed by atoms with Gasteiger partial charge in [0.1, 0.15) is 0 Å². The maximum Gasteiger partial charge on any atom is 0.267 e. The maximum absolute atomic E-state index is 13.0. The molecule has 3 aromatic rings. The highest BCUT2D eigenvalue weighted by atomic mass is 32.2. The molecule has 2 aromatic carbocycles. The highest BCUT2D eigenvalue weighted by molar-refractivity contribution is 7.90. The van der Waals surface area contributed by atoms with Crippen molar-refractivity contribution in [2.75, 3.05) is 6.26 Å². The van der Waals surface area contributed by atoms with E-state index in [2.05, 4.69) is 11.3 Å². The van der Waals surface area contributed by atoms with E-state index in [1.54, 1.807) is 36.4 Å². The Morgan fingerprint density at radius 2 is 1.68 bits per heavy atom. The SMILES string of the molecule is C=C(C(N)=O)c1ccn(S(=O)(=O)c2cccc(-c3cccc(CNS(C)(=O)=O)c3)c2)c1. The summed E-state index contributed by atoms with van der Waals surface area (Å²) in [5.41, 5.74) is 7.66. The number of nitrogens with zero attached hydrogens (tertiary/aromatic N) is 1. The lowest BCUT2D eigenvalue weighted by molar-refractivity contribution is -0.112. The van der Waals surface area contributed by atoms with E-state index in [0.29, 0.717) is 11.1 Å². The van der Waals surface area contributed by atoms with Crippen LogP contribution in [0, 0.1) is 0 Å². The Kier molecular flexibility index (Phi) is 6.16. The van der Waals surface area contributed by atoms with Crippen molar-refractivity contribution in [3.63, 3.8) is 0 Å². The summed E-state index contributed by atoms with van der Waals surface area (Å²) in [6, 6.07) is 15.0. The topological polar surface area (TPSA) is 128 Å². The van der Waals surface area contributed by atoms with Crippen LogP contribution in [0.15, 0.2) is 78.5 Å². The summed E-state index contributed by atoms with van der Waals surface area (Å²) in [6.07, 6.45) is 3.69. The van der Waals surface area contributed by atoms with Crippen LogP contribution in [0.25, 0.3) is 16.7 Å². The fraction of sp³-hybridized carbons (Fsp3) is 0.0952. The average molecular weight is 460 g/mol. The molecule has 0 aliphatic rings. The second-order valence-electron chi connectivity index (χ2n) is 6.90. The zero-order valence-corrected chi connectivity index (χ0v) is 18.3. The van der Waals surface area contributed by atoms with Crippen molar-refractivity contribution in [1.82, 2.24) is 8.69 Å². The van der Waals surface area contributed by atoms with Crippen molar-refractivity contribution in [3.8, 4) is 11.1 Å². The number of amides is 1. The third-order valence-electron chi connectivity index (χ3n) is 4.52. The molecule has 3 N–H and O–H groups in total. The second kappa shape index (κ2) is 8.50. The number of nitrogens with one attached hydrogen (secondary N) is 1. The summed E-state index contributed by atoms with van der Waals surface area (Å²) in [5, 5.41) is 0. The maximum atomic E-state index is 13.0. The van der Waals surface area contributed by atoms with Gasteiger partial charge in [-0.05, 0) is 41.0 Å². The molecule has 31 heavy (non-hydrogen) atoms. The van der Waals surface area contributed by atoms with Gasteiger partial charge in [0, 0.05) is 30.1 Å². The van der Waals surface area contributed by atoms with Crippen molar-refractivity contribution in [2.45, 2.75) is 11.4 Å². The van der Waals surface area contributed by atoms with E-state index in [9.17, 15) is 21.6 Å². The number of primary amides is 1. The van der Waals surface area contributed by atoms with Crippen molar-refractivity contribution in [2.24, 2.45) is 5.73 Å². The van der Waals surface area contributed by atoms with Gasteiger partial charge in [-0.2, -0.15) is 0 Å². The van der Waals surface area contributed by atoms with Gasteiger partial charge in [-0.3, -0.25) is 4.79 Å². The van der Waals surface area contributed by atoms with Crippen LogP contribution in [0.2, 0.25) is 0 Å². The summed E-state index contributed by atoms with van der Waals surface area (Å²) in [7, 11) is -7.25. The van der Waals surface area contributed by atoms with Gasteiger partial charge in [0.05, 0.1) is 11.2 Å². The standard InChI is InChI=1S/C21H21N3O5S2/c1-15(21(22)25)19-9-10-24(14-19)31(28,29)20-8-4-7-18(12-20)17-6-3-5-16(11-17)13-23-30(2,26)27/h3-12,14,23H,1,13H2,2H3,(H2,22,25). The van der Waals surface area contributed by atoms with E-state index in [0.717, 1.165) is 21.4 Å². The number of aromatic nitrogens is 1.